The quantitative estimate of drug-likeness (QED) is 0.807. The van der Waals surface area contributed by atoms with Gasteiger partial charge in [0.2, 0.25) is 5.91 Å². The van der Waals surface area contributed by atoms with Crippen molar-refractivity contribution in [2.75, 3.05) is 7.11 Å². The fourth-order valence-electron chi connectivity index (χ4n) is 1.84. The molecule has 0 bridgehead atoms. The van der Waals surface area contributed by atoms with Crippen LogP contribution in [0.25, 0.3) is 0 Å². The van der Waals surface area contributed by atoms with Crippen molar-refractivity contribution < 1.29 is 18.7 Å². The molecule has 5 nitrogen and oxygen atoms in total. The van der Waals surface area contributed by atoms with Crippen LogP contribution in [-0.4, -0.2) is 25.0 Å². The second-order valence-electron chi connectivity index (χ2n) is 4.72. The van der Waals surface area contributed by atoms with Crippen LogP contribution in [0.5, 0.6) is 0 Å². The fourth-order valence-corrected chi connectivity index (χ4v) is 1.84. The molecule has 0 saturated carbocycles. The topological polar surface area (TPSA) is 79.2 Å². The van der Waals surface area contributed by atoms with E-state index in [9.17, 15) is 14.0 Å². The highest BCUT2D eigenvalue weighted by Gasteiger charge is 2.23. The summed E-state index contributed by atoms with van der Waals surface area (Å²) in [7, 11) is 1.21. The zero-order valence-corrected chi connectivity index (χ0v) is 11.9. The second-order valence-corrected chi connectivity index (χ2v) is 4.72. The molecule has 1 aromatic carbocycles. The van der Waals surface area contributed by atoms with Crippen LogP contribution in [0.2, 0.25) is 0 Å². The summed E-state index contributed by atoms with van der Waals surface area (Å²) >= 11 is 0. The smallest absolute Gasteiger partial charge is 0.328 e. The molecular formula is C15H17FN2O3. The number of nitrogens with zero attached hydrogens (tertiary/aromatic N) is 1. The molecule has 0 saturated heterocycles. The number of carbonyl (C=O) groups is 2. The molecule has 0 aromatic heterocycles. The first-order valence-electron chi connectivity index (χ1n) is 6.47. The number of nitriles is 1. The van der Waals surface area contributed by atoms with E-state index in [-0.39, 0.29) is 12.8 Å². The molecule has 112 valence electrons. The number of amides is 1. The number of rotatable bonds is 6. The molecule has 0 radical (unpaired) electrons. The Labute approximate surface area is 122 Å². The molecular weight excluding hydrogens is 275 g/mol. The maximum atomic E-state index is 13.0. The van der Waals surface area contributed by atoms with Crippen molar-refractivity contribution in [1.82, 2.24) is 5.32 Å². The highest BCUT2D eigenvalue weighted by atomic mass is 19.1. The molecule has 1 rings (SSSR count). The summed E-state index contributed by atoms with van der Waals surface area (Å²) in [4.78, 5) is 23.5. The van der Waals surface area contributed by atoms with E-state index in [2.05, 4.69) is 10.1 Å². The molecule has 6 heteroatoms. The highest BCUT2D eigenvalue weighted by molar-refractivity contribution is 5.85. The van der Waals surface area contributed by atoms with Crippen LogP contribution in [0, 0.1) is 23.1 Å². The van der Waals surface area contributed by atoms with Crippen molar-refractivity contribution in [1.29, 1.82) is 5.26 Å². The van der Waals surface area contributed by atoms with Crippen molar-refractivity contribution in [3.05, 3.63) is 35.6 Å². The van der Waals surface area contributed by atoms with Crippen molar-refractivity contribution in [3.63, 3.8) is 0 Å². The summed E-state index contributed by atoms with van der Waals surface area (Å²) in [6.45, 7) is 1.65. The molecule has 1 aromatic rings. The Kier molecular flexibility index (Phi) is 6.34. The van der Waals surface area contributed by atoms with E-state index < -0.39 is 29.7 Å². The van der Waals surface area contributed by atoms with Gasteiger partial charge in [0, 0.05) is 5.92 Å². The van der Waals surface area contributed by atoms with Gasteiger partial charge in [0.05, 0.1) is 19.6 Å². The number of halogens is 1. The standard InChI is InChI=1S/C15H17FN2O3/c1-10(9-17)6-13(15(20)21-2)18-14(19)8-11-4-3-5-12(16)7-11/h3-5,7,10,13H,6,8H2,1-2H3,(H,18,19)/t10-,13-/m1/s1. The summed E-state index contributed by atoms with van der Waals surface area (Å²) in [5.74, 6) is -1.86. The van der Waals surface area contributed by atoms with E-state index in [0.717, 1.165) is 0 Å². The fraction of sp³-hybridized carbons (Fsp3) is 0.400. The Morgan fingerprint density at radius 1 is 1.48 bits per heavy atom. The minimum Gasteiger partial charge on any atom is -0.467 e. The summed E-state index contributed by atoms with van der Waals surface area (Å²) in [5, 5.41) is 11.3. The van der Waals surface area contributed by atoms with Gasteiger partial charge < -0.3 is 10.1 Å². The first-order valence-corrected chi connectivity index (χ1v) is 6.47. The molecule has 1 amide bonds. The van der Waals surface area contributed by atoms with Gasteiger partial charge in [0.15, 0.2) is 0 Å². The molecule has 1 N–H and O–H groups in total. The number of carbonyl (C=O) groups excluding carboxylic acids is 2. The predicted molar refractivity (Wildman–Crippen MR) is 73.4 cm³/mol. The highest BCUT2D eigenvalue weighted by Crippen LogP contribution is 2.08. The predicted octanol–water partition coefficient (Wildman–Crippen LogP) is 1.58. The van der Waals surface area contributed by atoms with Crippen molar-refractivity contribution in [2.24, 2.45) is 5.92 Å². The van der Waals surface area contributed by atoms with Crippen LogP contribution < -0.4 is 5.32 Å². The molecule has 0 aliphatic carbocycles. The number of ether oxygens (including phenoxy) is 1. The Morgan fingerprint density at radius 2 is 2.19 bits per heavy atom. The number of methoxy groups -OCH3 is 1. The Bertz CT molecular complexity index is 554. The number of nitrogens with one attached hydrogen (secondary N) is 1. The average molecular weight is 292 g/mol. The third-order valence-electron chi connectivity index (χ3n) is 2.88. The minimum atomic E-state index is -0.884. The SMILES string of the molecule is COC(=O)[C@@H](C[C@@H](C)C#N)NC(=O)Cc1cccc(F)c1. The summed E-state index contributed by atoms with van der Waals surface area (Å²) in [5.41, 5.74) is 0.504. The van der Waals surface area contributed by atoms with Gasteiger partial charge in [-0.15, -0.1) is 0 Å². The first-order chi connectivity index (χ1) is 9.96. The largest absolute Gasteiger partial charge is 0.467 e. The normalized spacial score (nSPS) is 12.9. The van der Waals surface area contributed by atoms with Crippen molar-refractivity contribution >= 4 is 11.9 Å². The summed E-state index contributed by atoms with van der Waals surface area (Å²) < 4.78 is 17.6. The van der Waals surface area contributed by atoms with E-state index in [1.54, 1.807) is 13.0 Å². The molecule has 2 atom stereocenters. The van der Waals surface area contributed by atoms with Gasteiger partial charge in [-0.2, -0.15) is 5.26 Å². The van der Waals surface area contributed by atoms with E-state index in [1.165, 1.54) is 25.3 Å². The van der Waals surface area contributed by atoms with Crippen LogP contribution in [0.15, 0.2) is 24.3 Å². The van der Waals surface area contributed by atoms with Gasteiger partial charge in [0.1, 0.15) is 11.9 Å². The van der Waals surface area contributed by atoms with Gasteiger partial charge >= 0.3 is 5.97 Å². The Morgan fingerprint density at radius 3 is 2.76 bits per heavy atom. The Hall–Kier alpha value is -2.42. The minimum absolute atomic E-state index is 0.0494. The van der Waals surface area contributed by atoms with Gasteiger partial charge in [-0.25, -0.2) is 9.18 Å². The number of hydrogen-bond donors (Lipinski definition) is 1. The third-order valence-corrected chi connectivity index (χ3v) is 2.88. The average Bonchev–Trinajstić information content (AvgIpc) is 2.45. The molecule has 0 heterocycles. The van der Waals surface area contributed by atoms with Crippen LogP contribution in [-0.2, 0) is 20.7 Å². The lowest BCUT2D eigenvalue weighted by atomic mass is 10.0. The van der Waals surface area contributed by atoms with E-state index >= 15 is 0 Å². The second kappa shape index (κ2) is 8.00. The monoisotopic (exact) mass is 292 g/mol. The van der Waals surface area contributed by atoms with Gasteiger partial charge in [-0.1, -0.05) is 12.1 Å². The first kappa shape index (κ1) is 16.6. The summed E-state index contributed by atoms with van der Waals surface area (Å²) in [6.07, 6.45) is 0.115. The van der Waals surface area contributed by atoms with Crippen LogP contribution >= 0.6 is 0 Å². The van der Waals surface area contributed by atoms with Crippen LogP contribution in [0.4, 0.5) is 4.39 Å². The van der Waals surface area contributed by atoms with Crippen molar-refractivity contribution in [2.45, 2.75) is 25.8 Å². The lowest BCUT2D eigenvalue weighted by Crippen LogP contribution is -2.43. The number of esters is 1. The molecule has 0 unspecified atom stereocenters. The lowest BCUT2D eigenvalue weighted by molar-refractivity contribution is -0.145. The van der Waals surface area contributed by atoms with Crippen molar-refractivity contribution in [3.8, 4) is 6.07 Å². The molecule has 0 spiro atoms. The number of hydrogen-bond acceptors (Lipinski definition) is 4. The van der Waals surface area contributed by atoms with E-state index in [0.29, 0.717) is 5.56 Å². The van der Waals surface area contributed by atoms with Gasteiger partial charge in [0.25, 0.3) is 0 Å². The molecule has 0 fully saturated rings. The van der Waals surface area contributed by atoms with E-state index in [4.69, 9.17) is 5.26 Å². The third kappa shape index (κ3) is 5.61. The maximum absolute atomic E-state index is 13.0. The summed E-state index contributed by atoms with van der Waals surface area (Å²) in [6, 6.07) is 6.78. The molecule has 0 aliphatic heterocycles. The maximum Gasteiger partial charge on any atom is 0.328 e. The molecule has 21 heavy (non-hydrogen) atoms. The van der Waals surface area contributed by atoms with E-state index in [1.807, 2.05) is 6.07 Å². The number of benzene rings is 1. The zero-order valence-electron chi connectivity index (χ0n) is 11.9. The Balaban J connectivity index is 2.67. The zero-order chi connectivity index (χ0) is 15.8. The van der Waals surface area contributed by atoms with Crippen LogP contribution in [0.3, 0.4) is 0 Å². The van der Waals surface area contributed by atoms with Gasteiger partial charge in [-0.3, -0.25) is 4.79 Å². The lowest BCUT2D eigenvalue weighted by Gasteiger charge is -2.17. The van der Waals surface area contributed by atoms with Gasteiger partial charge in [-0.05, 0) is 31.0 Å². The molecule has 0 aliphatic rings. The van der Waals surface area contributed by atoms with Crippen LogP contribution in [0.1, 0.15) is 18.9 Å².